The lowest BCUT2D eigenvalue weighted by Crippen LogP contribution is -2.02. The third-order valence-electron chi connectivity index (χ3n) is 12.7. The summed E-state index contributed by atoms with van der Waals surface area (Å²) in [7, 11) is 0. The fourth-order valence-electron chi connectivity index (χ4n) is 9.06. The summed E-state index contributed by atoms with van der Waals surface area (Å²) >= 11 is 0. The largest absolute Gasteiger partial charge is 0.477 e. The number of aryl methyl sites for hydroxylation is 4. The summed E-state index contributed by atoms with van der Waals surface area (Å²) in [5.74, 6) is -2.11. The molecule has 0 spiro atoms. The minimum Gasteiger partial charge on any atom is -0.477 e. The molecule has 0 amide bonds. The van der Waals surface area contributed by atoms with Gasteiger partial charge in [-0.05, 0) is 146 Å². The van der Waals surface area contributed by atoms with Crippen molar-refractivity contribution in [1.29, 1.82) is 0 Å². The van der Waals surface area contributed by atoms with Gasteiger partial charge in [0.05, 0.1) is 5.69 Å². The van der Waals surface area contributed by atoms with Crippen molar-refractivity contribution in [3.05, 3.63) is 258 Å². The summed E-state index contributed by atoms with van der Waals surface area (Å²) in [6, 6.07) is 71.2. The molecule has 0 aliphatic rings. The Hall–Kier alpha value is -9.07. The van der Waals surface area contributed by atoms with Crippen molar-refractivity contribution in [2.24, 2.45) is 0 Å². The van der Waals surface area contributed by atoms with E-state index < -0.39 is 11.9 Å². The molecule has 7 aromatic carbocycles. The summed E-state index contributed by atoms with van der Waals surface area (Å²) in [6.45, 7) is 0. The molecule has 70 heavy (non-hydrogen) atoms. The van der Waals surface area contributed by atoms with Gasteiger partial charge in [0.15, 0.2) is 0 Å². The maximum Gasteiger partial charge on any atom is 0.354 e. The minimum absolute atomic E-state index is 0.0168. The van der Waals surface area contributed by atoms with Crippen LogP contribution >= 0.6 is 0 Å². The maximum atomic E-state index is 11.5. The Morgan fingerprint density at radius 3 is 1.20 bits per heavy atom. The van der Waals surface area contributed by atoms with Crippen LogP contribution in [0.2, 0.25) is 0 Å². The van der Waals surface area contributed by atoms with Gasteiger partial charge in [-0.15, -0.1) is 0 Å². The second-order valence-corrected chi connectivity index (χ2v) is 17.4. The third-order valence-corrected chi connectivity index (χ3v) is 12.7. The number of rotatable bonds is 15. The van der Waals surface area contributed by atoms with Gasteiger partial charge in [0.25, 0.3) is 0 Å². The zero-order valence-corrected chi connectivity index (χ0v) is 38.2. The van der Waals surface area contributed by atoms with E-state index in [0.717, 1.165) is 89.1 Å². The zero-order valence-electron chi connectivity index (χ0n) is 38.2. The van der Waals surface area contributed by atoms with Crippen molar-refractivity contribution < 1.29 is 19.8 Å². The Kier molecular flexibility index (Phi) is 13.1. The number of hydrogen-bond acceptors (Lipinski definition) is 5. The number of carboxylic acids is 2. The Balaban J connectivity index is 1.05. The second kappa shape index (κ2) is 20.4. The van der Waals surface area contributed by atoms with Gasteiger partial charge >= 0.3 is 11.9 Å². The maximum absolute atomic E-state index is 11.5. The molecule has 0 unspecified atom stereocenters. The lowest BCUT2D eigenvalue weighted by atomic mass is 9.87. The van der Waals surface area contributed by atoms with Gasteiger partial charge in [-0.3, -0.25) is 4.98 Å². The van der Waals surface area contributed by atoms with Crippen LogP contribution in [0.1, 0.15) is 43.2 Å². The van der Waals surface area contributed by atoms with Crippen molar-refractivity contribution in [2.75, 3.05) is 0 Å². The minimum atomic E-state index is -1.05. The first-order chi connectivity index (χ1) is 34.3. The summed E-state index contributed by atoms with van der Waals surface area (Å²) in [5, 5.41) is 18.8. The Morgan fingerprint density at radius 1 is 0.300 bits per heavy atom. The molecule has 0 atom stereocenters. The smallest absolute Gasteiger partial charge is 0.354 e. The average Bonchev–Trinajstić information content (AvgIpc) is 3.42. The molecule has 10 aromatic rings. The van der Waals surface area contributed by atoms with Crippen LogP contribution in [0.5, 0.6) is 0 Å². The van der Waals surface area contributed by atoms with Crippen LogP contribution in [0.4, 0.5) is 0 Å². The van der Waals surface area contributed by atoms with Gasteiger partial charge in [-0.1, -0.05) is 170 Å². The number of aromatic carboxylic acids is 2. The Morgan fingerprint density at radius 2 is 0.729 bits per heavy atom. The molecule has 7 nitrogen and oxygen atoms in total. The monoisotopic (exact) mass is 909 g/mol. The van der Waals surface area contributed by atoms with E-state index in [1.54, 1.807) is 24.5 Å². The van der Waals surface area contributed by atoms with Gasteiger partial charge in [-0.2, -0.15) is 0 Å². The molecule has 0 aliphatic carbocycles. The summed E-state index contributed by atoms with van der Waals surface area (Å²) in [6.07, 6.45) is 8.05. The zero-order chi connectivity index (χ0) is 47.8. The SMILES string of the molecule is O=C(O)c1ccc(CCc2cc(CCc3ccc(C(=O)O)nc3)cc(-c3ccccc3-c3cnc(-c4ccccc4)cc3-c3ccc(-c4cc(-c5ccccc5)cc(-c5ccccc5)c4)cc3)c2)cn1. The van der Waals surface area contributed by atoms with Gasteiger partial charge in [0.2, 0.25) is 0 Å². The fourth-order valence-corrected chi connectivity index (χ4v) is 9.06. The summed E-state index contributed by atoms with van der Waals surface area (Å²) in [5.41, 5.74) is 19.3. The highest BCUT2D eigenvalue weighted by atomic mass is 16.4. The molecule has 10 rings (SSSR count). The molecule has 0 radical (unpaired) electrons. The highest BCUT2D eigenvalue weighted by Crippen LogP contribution is 2.41. The Labute approximate surface area is 407 Å². The molecule has 0 fully saturated rings. The number of hydrogen-bond donors (Lipinski definition) is 2. The van der Waals surface area contributed by atoms with Crippen molar-refractivity contribution in [1.82, 2.24) is 15.0 Å². The van der Waals surface area contributed by atoms with E-state index in [1.807, 2.05) is 48.7 Å². The molecule has 0 saturated heterocycles. The van der Waals surface area contributed by atoms with E-state index in [4.69, 9.17) is 4.98 Å². The molecule has 0 bridgehead atoms. The van der Waals surface area contributed by atoms with Crippen LogP contribution in [0.25, 0.3) is 78.0 Å². The van der Waals surface area contributed by atoms with E-state index in [2.05, 4.69) is 162 Å². The third kappa shape index (κ3) is 10.2. The van der Waals surface area contributed by atoms with E-state index in [1.165, 1.54) is 11.1 Å². The van der Waals surface area contributed by atoms with Crippen LogP contribution in [0.15, 0.2) is 225 Å². The fraction of sp³-hybridized carbons (Fsp3) is 0.0635. The highest BCUT2D eigenvalue weighted by Gasteiger charge is 2.18. The van der Waals surface area contributed by atoms with E-state index in [0.29, 0.717) is 25.7 Å². The number of nitrogens with zero attached hydrogens (tertiary/aromatic N) is 3. The number of carboxylic acid groups (broad SMARTS) is 2. The molecule has 0 aliphatic heterocycles. The molecule has 338 valence electrons. The van der Waals surface area contributed by atoms with Gasteiger partial charge in [-0.25, -0.2) is 19.6 Å². The predicted molar refractivity (Wildman–Crippen MR) is 279 cm³/mol. The van der Waals surface area contributed by atoms with E-state index >= 15 is 0 Å². The highest BCUT2D eigenvalue weighted by molar-refractivity contribution is 5.93. The van der Waals surface area contributed by atoms with E-state index in [-0.39, 0.29) is 11.4 Å². The quantitative estimate of drug-likeness (QED) is 0.105. The average molecular weight is 910 g/mol. The van der Waals surface area contributed by atoms with Crippen molar-refractivity contribution in [3.8, 4) is 78.0 Å². The first-order valence-corrected chi connectivity index (χ1v) is 23.3. The van der Waals surface area contributed by atoms with Crippen molar-refractivity contribution in [3.63, 3.8) is 0 Å². The number of carbonyl (C=O) groups is 2. The number of aromatic nitrogens is 3. The van der Waals surface area contributed by atoms with Gasteiger partial charge in [0.1, 0.15) is 11.4 Å². The Bertz CT molecular complexity index is 3310. The first kappa shape index (κ1) is 44.7. The molecular formula is C63H47N3O4. The normalized spacial score (nSPS) is 11.0. The van der Waals surface area contributed by atoms with Crippen molar-refractivity contribution in [2.45, 2.75) is 25.7 Å². The molecule has 0 saturated carbocycles. The molecule has 3 heterocycles. The van der Waals surface area contributed by atoms with Crippen LogP contribution in [-0.2, 0) is 25.7 Å². The van der Waals surface area contributed by atoms with Crippen molar-refractivity contribution >= 4 is 11.9 Å². The second-order valence-electron chi connectivity index (χ2n) is 17.4. The molecular weight excluding hydrogens is 863 g/mol. The number of benzene rings is 7. The van der Waals surface area contributed by atoms with Gasteiger partial charge in [0, 0.05) is 29.7 Å². The lowest BCUT2D eigenvalue weighted by Gasteiger charge is -2.18. The van der Waals surface area contributed by atoms with Crippen LogP contribution in [-0.4, -0.2) is 37.1 Å². The standard InChI is InChI=1S/C63H47N3O4/c67-62(68)59-30-24-42(39-64-59)20-22-44-32-45(23-21-43-25-31-60(63(69)70)65-40-43)34-54(33-44)55-18-10-11-19-56(55)58-41-66-61(50-16-8-3-9-17-50)38-57(58)49-28-26-48(27-29-49)53-36-51(46-12-4-1-5-13-46)35-52(37-53)47-14-6-2-7-15-47/h1-19,24-41H,20-23H2,(H,67,68)(H,69,70). The topological polar surface area (TPSA) is 113 Å². The van der Waals surface area contributed by atoms with Crippen LogP contribution < -0.4 is 0 Å². The molecule has 2 N–H and O–H groups in total. The molecule has 3 aromatic heterocycles. The molecule has 7 heteroatoms. The summed E-state index contributed by atoms with van der Waals surface area (Å²) < 4.78 is 0. The number of pyridine rings is 3. The predicted octanol–water partition coefficient (Wildman–Crippen LogP) is 14.5. The van der Waals surface area contributed by atoms with Gasteiger partial charge < -0.3 is 10.2 Å². The van der Waals surface area contributed by atoms with Crippen LogP contribution in [0, 0.1) is 0 Å². The summed E-state index contributed by atoms with van der Waals surface area (Å²) in [4.78, 5) is 36.4. The first-order valence-electron chi connectivity index (χ1n) is 23.3. The lowest BCUT2D eigenvalue weighted by molar-refractivity contribution is 0.0680. The van der Waals surface area contributed by atoms with Crippen LogP contribution in [0.3, 0.4) is 0 Å². The van der Waals surface area contributed by atoms with E-state index in [9.17, 15) is 19.8 Å².